The standard InChI is InChI=1S/C15H11BrF3NO/c16-8-1-2-13-9(5-8)12(20)6-14(21-13)7-3-10(17)15(19)11(18)4-7/h1-5,12,14H,6,20H2. The average Bonchev–Trinajstić information content (AvgIpc) is 2.44. The van der Waals surface area contributed by atoms with Crippen molar-refractivity contribution in [2.75, 3.05) is 0 Å². The van der Waals surface area contributed by atoms with Gasteiger partial charge in [-0.1, -0.05) is 15.9 Å². The Hall–Kier alpha value is -1.53. The number of ether oxygens (including phenoxy) is 1. The summed E-state index contributed by atoms with van der Waals surface area (Å²) in [5.41, 5.74) is 7.14. The average molecular weight is 358 g/mol. The molecule has 0 aliphatic carbocycles. The maximum absolute atomic E-state index is 13.3. The van der Waals surface area contributed by atoms with Gasteiger partial charge in [0.05, 0.1) is 0 Å². The van der Waals surface area contributed by atoms with Crippen LogP contribution in [0.3, 0.4) is 0 Å². The molecule has 2 unspecified atom stereocenters. The third-order valence-corrected chi connectivity index (χ3v) is 3.98. The quantitative estimate of drug-likeness (QED) is 0.768. The van der Waals surface area contributed by atoms with Crippen molar-refractivity contribution in [3.05, 3.63) is 63.4 Å². The molecule has 0 saturated carbocycles. The maximum atomic E-state index is 13.3. The van der Waals surface area contributed by atoms with Gasteiger partial charge in [-0.15, -0.1) is 0 Å². The molecule has 0 radical (unpaired) electrons. The number of halogens is 4. The monoisotopic (exact) mass is 357 g/mol. The first kappa shape index (κ1) is 14.4. The van der Waals surface area contributed by atoms with Crippen molar-refractivity contribution in [2.24, 2.45) is 5.73 Å². The highest BCUT2D eigenvalue weighted by Gasteiger charge is 2.28. The molecule has 3 rings (SSSR count). The van der Waals surface area contributed by atoms with E-state index in [0.717, 1.165) is 22.2 Å². The van der Waals surface area contributed by atoms with E-state index in [-0.39, 0.29) is 11.6 Å². The van der Waals surface area contributed by atoms with E-state index in [0.29, 0.717) is 12.2 Å². The molecule has 6 heteroatoms. The second-order valence-electron chi connectivity index (χ2n) is 4.93. The van der Waals surface area contributed by atoms with Crippen LogP contribution in [0.2, 0.25) is 0 Å². The van der Waals surface area contributed by atoms with Gasteiger partial charge in [0, 0.05) is 22.5 Å². The number of hydrogen-bond donors (Lipinski definition) is 1. The fraction of sp³-hybridized carbons (Fsp3) is 0.200. The van der Waals surface area contributed by atoms with Gasteiger partial charge in [0.1, 0.15) is 11.9 Å². The highest BCUT2D eigenvalue weighted by atomic mass is 79.9. The Morgan fingerprint density at radius 2 is 1.76 bits per heavy atom. The fourth-order valence-electron chi connectivity index (χ4n) is 2.44. The summed E-state index contributed by atoms with van der Waals surface area (Å²) in [4.78, 5) is 0. The van der Waals surface area contributed by atoms with Gasteiger partial charge in [0.2, 0.25) is 0 Å². The number of benzene rings is 2. The maximum Gasteiger partial charge on any atom is 0.194 e. The summed E-state index contributed by atoms with van der Waals surface area (Å²) in [7, 11) is 0. The van der Waals surface area contributed by atoms with Crippen LogP contribution < -0.4 is 10.5 Å². The van der Waals surface area contributed by atoms with Gasteiger partial charge in [0.15, 0.2) is 17.5 Å². The first-order valence-electron chi connectivity index (χ1n) is 6.32. The predicted molar refractivity (Wildman–Crippen MR) is 75.4 cm³/mol. The molecule has 1 aliphatic heterocycles. The van der Waals surface area contributed by atoms with Gasteiger partial charge in [0.25, 0.3) is 0 Å². The Balaban J connectivity index is 1.98. The lowest BCUT2D eigenvalue weighted by Crippen LogP contribution is -2.24. The molecule has 2 N–H and O–H groups in total. The molecule has 0 fully saturated rings. The first-order valence-corrected chi connectivity index (χ1v) is 7.11. The van der Waals surface area contributed by atoms with Crippen LogP contribution in [0.15, 0.2) is 34.8 Å². The van der Waals surface area contributed by atoms with E-state index in [1.54, 1.807) is 12.1 Å². The van der Waals surface area contributed by atoms with Crippen molar-refractivity contribution in [3.8, 4) is 5.75 Å². The van der Waals surface area contributed by atoms with E-state index in [4.69, 9.17) is 10.5 Å². The molecule has 21 heavy (non-hydrogen) atoms. The molecule has 110 valence electrons. The van der Waals surface area contributed by atoms with E-state index in [2.05, 4.69) is 15.9 Å². The van der Waals surface area contributed by atoms with Gasteiger partial charge in [-0.2, -0.15) is 0 Å². The summed E-state index contributed by atoms with van der Waals surface area (Å²) in [5.74, 6) is -3.39. The van der Waals surface area contributed by atoms with Gasteiger partial charge in [-0.3, -0.25) is 0 Å². The normalized spacial score (nSPS) is 20.8. The lowest BCUT2D eigenvalue weighted by atomic mass is 9.93. The highest BCUT2D eigenvalue weighted by Crippen LogP contribution is 2.41. The number of nitrogens with two attached hydrogens (primary N) is 1. The molecule has 1 aliphatic rings. The van der Waals surface area contributed by atoms with E-state index < -0.39 is 23.6 Å². The van der Waals surface area contributed by atoms with Crippen molar-refractivity contribution < 1.29 is 17.9 Å². The minimum absolute atomic E-state index is 0.232. The molecule has 2 nitrogen and oxygen atoms in total. The van der Waals surface area contributed by atoms with Gasteiger partial charge >= 0.3 is 0 Å². The number of hydrogen-bond acceptors (Lipinski definition) is 2. The van der Waals surface area contributed by atoms with E-state index in [1.807, 2.05) is 6.07 Å². The largest absolute Gasteiger partial charge is 0.485 e. The molecule has 0 saturated heterocycles. The summed E-state index contributed by atoms with van der Waals surface area (Å²) in [5, 5.41) is 0. The van der Waals surface area contributed by atoms with Crippen molar-refractivity contribution >= 4 is 15.9 Å². The van der Waals surface area contributed by atoms with Crippen LogP contribution in [-0.2, 0) is 0 Å². The molecule has 2 atom stereocenters. The lowest BCUT2D eigenvalue weighted by Gasteiger charge is -2.30. The SMILES string of the molecule is NC1CC(c2cc(F)c(F)c(F)c2)Oc2ccc(Br)cc21. The van der Waals surface area contributed by atoms with Crippen molar-refractivity contribution in [1.82, 2.24) is 0 Å². The summed E-state index contributed by atoms with van der Waals surface area (Å²) in [6.07, 6.45) is -0.258. The van der Waals surface area contributed by atoms with E-state index in [9.17, 15) is 13.2 Å². The third kappa shape index (κ3) is 2.65. The molecule has 0 amide bonds. The molecule has 1 heterocycles. The molecular formula is C15H11BrF3NO. The molecule has 2 aromatic carbocycles. The summed E-state index contributed by atoms with van der Waals surface area (Å²) in [6, 6.07) is 6.94. The minimum Gasteiger partial charge on any atom is -0.485 e. The Bertz CT molecular complexity index is 684. The predicted octanol–water partition coefficient (Wildman–Crippen LogP) is 4.39. The second-order valence-corrected chi connectivity index (χ2v) is 5.85. The van der Waals surface area contributed by atoms with Gasteiger partial charge in [-0.25, -0.2) is 13.2 Å². The Morgan fingerprint density at radius 3 is 2.43 bits per heavy atom. The van der Waals surface area contributed by atoms with Gasteiger partial charge in [-0.05, 0) is 35.9 Å². The van der Waals surface area contributed by atoms with Crippen LogP contribution in [0.25, 0.3) is 0 Å². The Morgan fingerprint density at radius 1 is 1.10 bits per heavy atom. The van der Waals surface area contributed by atoms with Crippen LogP contribution in [0, 0.1) is 17.5 Å². The summed E-state index contributed by atoms with van der Waals surface area (Å²) in [6.45, 7) is 0. The Kier molecular flexibility index (Phi) is 3.67. The summed E-state index contributed by atoms with van der Waals surface area (Å²) >= 11 is 3.35. The first-order chi connectivity index (χ1) is 9.95. The fourth-order valence-corrected chi connectivity index (χ4v) is 2.82. The smallest absolute Gasteiger partial charge is 0.194 e. The minimum atomic E-state index is -1.48. The molecule has 0 spiro atoms. The zero-order valence-electron chi connectivity index (χ0n) is 10.7. The van der Waals surface area contributed by atoms with Crippen LogP contribution in [0.1, 0.15) is 29.7 Å². The number of fused-ring (bicyclic) bond motifs is 1. The Labute approximate surface area is 127 Å². The molecule has 0 bridgehead atoms. The molecule has 0 aromatic heterocycles. The number of rotatable bonds is 1. The van der Waals surface area contributed by atoms with Crippen molar-refractivity contribution in [2.45, 2.75) is 18.6 Å². The lowest BCUT2D eigenvalue weighted by molar-refractivity contribution is 0.160. The molecular weight excluding hydrogens is 347 g/mol. The van der Waals surface area contributed by atoms with Crippen molar-refractivity contribution in [1.29, 1.82) is 0 Å². The third-order valence-electron chi connectivity index (χ3n) is 3.49. The van der Waals surface area contributed by atoms with Crippen LogP contribution >= 0.6 is 15.9 Å². The van der Waals surface area contributed by atoms with Gasteiger partial charge < -0.3 is 10.5 Å². The highest BCUT2D eigenvalue weighted by molar-refractivity contribution is 9.10. The van der Waals surface area contributed by atoms with Crippen LogP contribution in [0.4, 0.5) is 13.2 Å². The van der Waals surface area contributed by atoms with E-state index in [1.165, 1.54) is 0 Å². The summed E-state index contributed by atoms with van der Waals surface area (Å²) < 4.78 is 46.3. The van der Waals surface area contributed by atoms with Crippen LogP contribution in [-0.4, -0.2) is 0 Å². The van der Waals surface area contributed by atoms with Crippen molar-refractivity contribution in [3.63, 3.8) is 0 Å². The second kappa shape index (κ2) is 5.35. The zero-order chi connectivity index (χ0) is 15.1. The van der Waals surface area contributed by atoms with E-state index >= 15 is 0 Å². The topological polar surface area (TPSA) is 35.2 Å². The van der Waals surface area contributed by atoms with Crippen LogP contribution in [0.5, 0.6) is 5.75 Å². The molecule has 2 aromatic rings. The zero-order valence-corrected chi connectivity index (χ0v) is 12.3.